The van der Waals surface area contributed by atoms with E-state index in [2.05, 4.69) is 4.52 Å². The molecule has 0 radical (unpaired) electrons. The SMILES string of the molecule is NCC[C@](O)(O[P+](=O)O)P(=O)(O)O. The van der Waals surface area contributed by atoms with Crippen LogP contribution in [0, 0.1) is 0 Å². The molecule has 0 saturated carbocycles. The summed E-state index contributed by atoms with van der Waals surface area (Å²) in [6, 6.07) is 0. The van der Waals surface area contributed by atoms with E-state index in [9.17, 15) is 9.13 Å². The molecule has 0 saturated heterocycles. The summed E-state index contributed by atoms with van der Waals surface area (Å²) in [6.45, 7) is -0.301. The van der Waals surface area contributed by atoms with Crippen LogP contribution < -0.4 is 5.73 Å². The molecule has 10 heteroatoms. The fraction of sp³-hybridized carbons (Fsp3) is 1.00. The van der Waals surface area contributed by atoms with Gasteiger partial charge in [0.1, 0.15) is 0 Å². The summed E-state index contributed by atoms with van der Waals surface area (Å²) in [4.78, 5) is 25.3. The molecule has 0 rings (SSSR count). The van der Waals surface area contributed by atoms with Gasteiger partial charge in [0.2, 0.25) is 0 Å². The van der Waals surface area contributed by atoms with E-state index >= 15 is 0 Å². The molecule has 0 fully saturated rings. The van der Waals surface area contributed by atoms with Crippen LogP contribution in [0.25, 0.3) is 0 Å². The van der Waals surface area contributed by atoms with Gasteiger partial charge in [-0.1, -0.05) is 4.52 Å². The van der Waals surface area contributed by atoms with E-state index in [4.69, 9.17) is 25.5 Å². The van der Waals surface area contributed by atoms with Crippen LogP contribution >= 0.6 is 15.9 Å². The summed E-state index contributed by atoms with van der Waals surface area (Å²) in [5.74, 6) is 0. The topological polar surface area (TPSA) is 150 Å². The average Bonchev–Trinajstić information content (AvgIpc) is 1.82. The van der Waals surface area contributed by atoms with E-state index in [1.54, 1.807) is 0 Å². The second-order valence-corrected chi connectivity index (χ2v) is 4.60. The minimum atomic E-state index is -5.05. The molecule has 0 heterocycles. The van der Waals surface area contributed by atoms with Crippen molar-refractivity contribution in [3.63, 3.8) is 0 Å². The molecule has 1 unspecified atom stereocenters. The normalized spacial score (nSPS) is 18.1. The van der Waals surface area contributed by atoms with Gasteiger partial charge in [-0.05, 0) is 6.54 Å². The summed E-state index contributed by atoms with van der Waals surface area (Å²) >= 11 is 0. The van der Waals surface area contributed by atoms with Crippen LogP contribution in [0.5, 0.6) is 0 Å². The maximum absolute atomic E-state index is 10.6. The number of hydrogen-bond acceptors (Lipinski definition) is 5. The molecule has 6 N–H and O–H groups in total. The molecule has 0 aromatic carbocycles. The predicted molar refractivity (Wildman–Crippen MR) is 41.6 cm³/mol. The maximum Gasteiger partial charge on any atom is 0.698 e. The van der Waals surface area contributed by atoms with Crippen LogP contribution in [-0.4, -0.2) is 31.9 Å². The summed E-state index contributed by atoms with van der Waals surface area (Å²) in [5, 5.41) is 9.11. The van der Waals surface area contributed by atoms with Gasteiger partial charge in [0.25, 0.3) is 0 Å². The number of nitrogens with two attached hydrogens (primary N) is 1. The van der Waals surface area contributed by atoms with Crippen molar-refractivity contribution in [3.05, 3.63) is 0 Å². The fourth-order valence-electron chi connectivity index (χ4n) is 0.558. The minimum Gasteiger partial charge on any atom is -0.353 e. The van der Waals surface area contributed by atoms with E-state index in [1.165, 1.54) is 0 Å². The largest absolute Gasteiger partial charge is 0.698 e. The van der Waals surface area contributed by atoms with E-state index in [-0.39, 0.29) is 6.54 Å². The van der Waals surface area contributed by atoms with Crippen molar-refractivity contribution in [2.45, 2.75) is 11.9 Å². The predicted octanol–water partition coefficient (Wildman–Crippen LogP) is -1.17. The van der Waals surface area contributed by atoms with Gasteiger partial charge in [-0.15, -0.1) is 4.89 Å². The summed E-state index contributed by atoms with van der Waals surface area (Å²) in [5.41, 5.74) is 1.95. The Morgan fingerprint density at radius 3 is 2.23 bits per heavy atom. The lowest BCUT2D eigenvalue weighted by Gasteiger charge is -2.20. The summed E-state index contributed by atoms with van der Waals surface area (Å²) in [7, 11) is -8.36. The summed E-state index contributed by atoms with van der Waals surface area (Å²) < 4.78 is 24.5. The van der Waals surface area contributed by atoms with Gasteiger partial charge in [-0.2, -0.15) is 0 Å². The Morgan fingerprint density at radius 2 is 2.00 bits per heavy atom. The Bertz CT molecular complexity index is 238. The molecule has 0 aromatic rings. The molecule has 0 aromatic heterocycles. The van der Waals surface area contributed by atoms with Gasteiger partial charge in [-0.3, -0.25) is 4.57 Å². The van der Waals surface area contributed by atoms with E-state index < -0.39 is 27.8 Å². The molecule has 13 heavy (non-hydrogen) atoms. The van der Waals surface area contributed by atoms with E-state index in [0.29, 0.717) is 0 Å². The lowest BCUT2D eigenvalue weighted by Crippen LogP contribution is -2.32. The van der Waals surface area contributed by atoms with Crippen molar-refractivity contribution >= 4 is 15.9 Å². The highest BCUT2D eigenvalue weighted by atomic mass is 31.2. The third-order valence-corrected chi connectivity index (χ3v) is 2.98. The molecule has 0 spiro atoms. The van der Waals surface area contributed by atoms with E-state index in [0.717, 1.165) is 0 Å². The van der Waals surface area contributed by atoms with Crippen molar-refractivity contribution in [2.75, 3.05) is 6.54 Å². The Hall–Kier alpha value is 0.0900. The molecule has 0 aliphatic carbocycles. The van der Waals surface area contributed by atoms with Crippen LogP contribution in [0.4, 0.5) is 0 Å². The Morgan fingerprint density at radius 1 is 1.54 bits per heavy atom. The Kier molecular flexibility index (Phi) is 4.58. The van der Waals surface area contributed by atoms with Crippen molar-refractivity contribution < 1.29 is 33.4 Å². The second-order valence-electron chi connectivity index (χ2n) is 2.15. The van der Waals surface area contributed by atoms with Gasteiger partial charge in [0.15, 0.2) is 0 Å². The van der Waals surface area contributed by atoms with Gasteiger partial charge in [0, 0.05) is 11.0 Å². The molecular formula is C3H10NO7P2+. The summed E-state index contributed by atoms with van der Waals surface area (Å²) in [6.07, 6.45) is -0.640. The zero-order valence-electron chi connectivity index (χ0n) is 6.40. The van der Waals surface area contributed by atoms with Crippen molar-refractivity contribution in [2.24, 2.45) is 5.73 Å². The first-order valence-electron chi connectivity index (χ1n) is 3.06. The van der Waals surface area contributed by atoms with Crippen LogP contribution in [0.15, 0.2) is 0 Å². The second kappa shape index (κ2) is 4.54. The van der Waals surface area contributed by atoms with Crippen LogP contribution in [0.1, 0.15) is 6.42 Å². The van der Waals surface area contributed by atoms with Crippen molar-refractivity contribution in [1.82, 2.24) is 0 Å². The monoisotopic (exact) mass is 234 g/mol. The molecule has 0 amide bonds. The fourth-order valence-corrected chi connectivity index (χ4v) is 1.95. The van der Waals surface area contributed by atoms with Crippen molar-refractivity contribution in [1.29, 1.82) is 0 Å². The Balaban J connectivity index is 4.73. The van der Waals surface area contributed by atoms with E-state index in [1.807, 2.05) is 0 Å². The highest BCUT2D eigenvalue weighted by molar-refractivity contribution is 7.53. The highest BCUT2D eigenvalue weighted by Gasteiger charge is 2.53. The van der Waals surface area contributed by atoms with Gasteiger partial charge in [-0.25, -0.2) is 0 Å². The molecule has 78 valence electrons. The quantitative estimate of drug-likeness (QED) is 0.294. The highest BCUT2D eigenvalue weighted by Crippen LogP contribution is 2.54. The lowest BCUT2D eigenvalue weighted by atomic mass is 10.4. The van der Waals surface area contributed by atoms with Gasteiger partial charge >= 0.3 is 21.4 Å². The zero-order chi connectivity index (χ0) is 10.7. The van der Waals surface area contributed by atoms with Crippen LogP contribution in [-0.2, 0) is 13.7 Å². The smallest absolute Gasteiger partial charge is 0.353 e. The molecular weight excluding hydrogens is 224 g/mol. The van der Waals surface area contributed by atoms with Crippen LogP contribution in [0.2, 0.25) is 0 Å². The third kappa shape index (κ3) is 3.76. The van der Waals surface area contributed by atoms with Crippen molar-refractivity contribution in [3.8, 4) is 0 Å². The minimum absolute atomic E-state index is 0.301. The third-order valence-electron chi connectivity index (χ3n) is 1.15. The van der Waals surface area contributed by atoms with Crippen LogP contribution in [0.3, 0.4) is 0 Å². The number of rotatable bonds is 5. The first-order chi connectivity index (χ1) is 5.73. The molecule has 8 nitrogen and oxygen atoms in total. The van der Waals surface area contributed by atoms with Gasteiger partial charge < -0.3 is 20.6 Å². The number of aliphatic hydroxyl groups is 1. The average molecular weight is 234 g/mol. The molecule has 0 bridgehead atoms. The lowest BCUT2D eigenvalue weighted by molar-refractivity contribution is -0.0854. The molecule has 0 aliphatic rings. The first kappa shape index (κ1) is 13.1. The molecule has 0 aliphatic heterocycles. The van der Waals surface area contributed by atoms with Gasteiger partial charge in [0.05, 0.1) is 0 Å². The maximum atomic E-state index is 10.6. The number of hydrogen-bond donors (Lipinski definition) is 5. The zero-order valence-corrected chi connectivity index (χ0v) is 8.19. The molecule has 2 atom stereocenters. The first-order valence-corrected chi connectivity index (χ1v) is 5.80. The standard InChI is InChI=1S/C3H9NO7P2/c4-2-1-3(5,11-12(6)7)13(8,9)10/h5H,1-2,4H2,(H2-,6,7,8,9,10)/p+1/t3-/m0/s1. The Labute approximate surface area is 74.4 Å².